The molecule has 0 spiro atoms. The molecule has 0 bridgehead atoms. The number of rotatable bonds is 6. The zero-order valence-electron chi connectivity index (χ0n) is 15.8. The third-order valence-corrected chi connectivity index (χ3v) is 4.83. The summed E-state index contributed by atoms with van der Waals surface area (Å²) in [6.07, 6.45) is 1.51. The monoisotopic (exact) mass is 396 g/mol. The first-order valence-electron chi connectivity index (χ1n) is 9.38. The Hall–Kier alpha value is -3.33. The van der Waals surface area contributed by atoms with Gasteiger partial charge in [0.25, 0.3) is 5.91 Å². The lowest BCUT2D eigenvalue weighted by atomic mass is 10.2. The van der Waals surface area contributed by atoms with Gasteiger partial charge in [-0.2, -0.15) is 0 Å². The summed E-state index contributed by atoms with van der Waals surface area (Å²) in [5.41, 5.74) is 1.75. The Balaban J connectivity index is 1.23. The number of hydrogen-bond acceptors (Lipinski definition) is 6. The van der Waals surface area contributed by atoms with Crippen molar-refractivity contribution in [3.8, 4) is 11.4 Å². The van der Waals surface area contributed by atoms with E-state index in [1.54, 1.807) is 29.2 Å². The van der Waals surface area contributed by atoms with E-state index in [1.807, 2.05) is 18.2 Å². The minimum Gasteiger partial charge on any atom is -0.484 e. The van der Waals surface area contributed by atoms with Crippen LogP contribution in [0.2, 0.25) is 0 Å². The summed E-state index contributed by atoms with van der Waals surface area (Å²) < 4.78 is 20.5. The number of hydrogen-bond donors (Lipinski definition) is 0. The fourth-order valence-corrected chi connectivity index (χ4v) is 3.26. The van der Waals surface area contributed by atoms with Gasteiger partial charge in [0.05, 0.1) is 5.69 Å². The number of ether oxygens (including phenoxy) is 1. The lowest BCUT2D eigenvalue weighted by molar-refractivity contribution is -0.135. The molecule has 1 aliphatic heterocycles. The molecule has 0 radical (unpaired) electrons. The number of aromatic nitrogens is 4. The van der Waals surface area contributed by atoms with Crippen LogP contribution in [0.15, 0.2) is 54.9 Å². The van der Waals surface area contributed by atoms with Crippen molar-refractivity contribution in [3.05, 3.63) is 66.2 Å². The molecule has 1 aliphatic rings. The van der Waals surface area contributed by atoms with Crippen molar-refractivity contribution in [3.63, 3.8) is 0 Å². The second-order valence-electron chi connectivity index (χ2n) is 6.82. The summed E-state index contributed by atoms with van der Waals surface area (Å²) in [5.74, 6) is 0.347. The lowest BCUT2D eigenvalue weighted by Crippen LogP contribution is -2.49. The summed E-state index contributed by atoms with van der Waals surface area (Å²) in [6, 6.07) is 13.8. The van der Waals surface area contributed by atoms with Crippen LogP contribution in [0.5, 0.6) is 5.75 Å². The lowest BCUT2D eigenvalue weighted by Gasteiger charge is -2.34. The fourth-order valence-electron chi connectivity index (χ4n) is 3.26. The van der Waals surface area contributed by atoms with Crippen molar-refractivity contribution in [2.75, 3.05) is 32.8 Å². The summed E-state index contributed by atoms with van der Waals surface area (Å²) in [4.78, 5) is 16.5. The van der Waals surface area contributed by atoms with Crippen molar-refractivity contribution in [2.24, 2.45) is 0 Å². The number of tetrazole rings is 1. The molecule has 4 rings (SSSR count). The number of nitrogens with zero attached hydrogens (tertiary/aromatic N) is 6. The molecule has 8 nitrogen and oxygen atoms in total. The van der Waals surface area contributed by atoms with Crippen molar-refractivity contribution >= 4 is 5.91 Å². The van der Waals surface area contributed by atoms with Crippen LogP contribution in [0, 0.1) is 5.82 Å². The molecule has 2 aromatic carbocycles. The van der Waals surface area contributed by atoms with E-state index >= 15 is 0 Å². The Kier molecular flexibility index (Phi) is 5.76. The summed E-state index contributed by atoms with van der Waals surface area (Å²) in [5, 5.41) is 11.0. The third kappa shape index (κ3) is 4.94. The van der Waals surface area contributed by atoms with E-state index in [4.69, 9.17) is 4.74 Å². The average molecular weight is 396 g/mol. The molecular weight excluding hydrogens is 375 g/mol. The molecule has 150 valence electrons. The van der Waals surface area contributed by atoms with Gasteiger partial charge in [0.2, 0.25) is 0 Å². The van der Waals surface area contributed by atoms with Gasteiger partial charge in [0.1, 0.15) is 17.9 Å². The molecule has 0 atom stereocenters. The standard InChI is InChI=1S/C20H21FN6O2/c21-17-3-1-2-16(12-17)13-25-8-10-26(11-9-25)20(28)14-29-19-6-4-18(5-7-19)27-15-22-23-24-27/h1-7,12,15H,8-11,13-14H2. The smallest absolute Gasteiger partial charge is 0.260 e. The third-order valence-electron chi connectivity index (χ3n) is 4.83. The van der Waals surface area contributed by atoms with Crippen LogP contribution < -0.4 is 4.74 Å². The molecule has 1 amide bonds. The normalized spacial score (nSPS) is 14.7. The van der Waals surface area contributed by atoms with Crippen LogP contribution >= 0.6 is 0 Å². The van der Waals surface area contributed by atoms with E-state index < -0.39 is 0 Å². The van der Waals surface area contributed by atoms with E-state index in [9.17, 15) is 9.18 Å². The van der Waals surface area contributed by atoms with Crippen molar-refractivity contribution < 1.29 is 13.9 Å². The summed E-state index contributed by atoms with van der Waals surface area (Å²) in [7, 11) is 0. The summed E-state index contributed by atoms with van der Waals surface area (Å²) in [6.45, 7) is 3.45. The maximum atomic E-state index is 13.3. The fraction of sp³-hybridized carbons (Fsp3) is 0.300. The minimum absolute atomic E-state index is 0.00583. The van der Waals surface area contributed by atoms with Crippen LogP contribution in [0.1, 0.15) is 5.56 Å². The SMILES string of the molecule is O=C(COc1ccc(-n2cnnn2)cc1)N1CCN(Cc2cccc(F)c2)CC1. The number of benzene rings is 2. The average Bonchev–Trinajstić information content (AvgIpc) is 3.28. The Morgan fingerprint density at radius 2 is 1.86 bits per heavy atom. The number of piperazine rings is 1. The number of halogens is 1. The van der Waals surface area contributed by atoms with E-state index in [2.05, 4.69) is 20.4 Å². The Morgan fingerprint density at radius 1 is 1.07 bits per heavy atom. The van der Waals surface area contributed by atoms with Gasteiger partial charge >= 0.3 is 0 Å². The van der Waals surface area contributed by atoms with Crippen LogP contribution in [0.25, 0.3) is 5.69 Å². The van der Waals surface area contributed by atoms with Gasteiger partial charge in [0.15, 0.2) is 6.61 Å². The number of carbonyl (C=O) groups excluding carboxylic acids is 1. The van der Waals surface area contributed by atoms with Gasteiger partial charge in [-0.25, -0.2) is 9.07 Å². The zero-order valence-corrected chi connectivity index (χ0v) is 15.8. The highest BCUT2D eigenvalue weighted by Gasteiger charge is 2.21. The molecule has 9 heteroatoms. The topological polar surface area (TPSA) is 76.4 Å². The molecule has 0 aliphatic carbocycles. The summed E-state index contributed by atoms with van der Waals surface area (Å²) >= 11 is 0. The molecule has 0 saturated carbocycles. The van der Waals surface area contributed by atoms with Crippen molar-refractivity contribution in [1.82, 2.24) is 30.0 Å². The second-order valence-corrected chi connectivity index (χ2v) is 6.82. The number of amides is 1. The van der Waals surface area contributed by atoms with Crippen LogP contribution in [0.4, 0.5) is 4.39 Å². The van der Waals surface area contributed by atoms with Gasteiger partial charge in [-0.1, -0.05) is 12.1 Å². The van der Waals surface area contributed by atoms with Gasteiger partial charge in [-0.3, -0.25) is 9.69 Å². The van der Waals surface area contributed by atoms with Gasteiger partial charge in [0, 0.05) is 32.7 Å². The maximum absolute atomic E-state index is 13.3. The minimum atomic E-state index is -0.223. The van der Waals surface area contributed by atoms with Gasteiger partial charge in [-0.05, 0) is 52.4 Å². The first kappa shape index (κ1) is 19.0. The first-order valence-corrected chi connectivity index (χ1v) is 9.38. The molecule has 29 heavy (non-hydrogen) atoms. The van der Waals surface area contributed by atoms with Crippen LogP contribution in [-0.4, -0.2) is 68.7 Å². The Morgan fingerprint density at radius 3 is 2.55 bits per heavy atom. The zero-order chi connectivity index (χ0) is 20.1. The van der Waals surface area contributed by atoms with E-state index in [1.165, 1.54) is 17.1 Å². The van der Waals surface area contributed by atoms with Crippen molar-refractivity contribution in [1.29, 1.82) is 0 Å². The van der Waals surface area contributed by atoms with E-state index in [-0.39, 0.29) is 18.3 Å². The maximum Gasteiger partial charge on any atom is 0.260 e. The number of carbonyl (C=O) groups is 1. The second kappa shape index (κ2) is 8.78. The largest absolute Gasteiger partial charge is 0.484 e. The van der Waals surface area contributed by atoms with Gasteiger partial charge < -0.3 is 9.64 Å². The van der Waals surface area contributed by atoms with E-state index in [0.717, 1.165) is 24.3 Å². The highest BCUT2D eigenvalue weighted by Crippen LogP contribution is 2.15. The molecule has 0 unspecified atom stereocenters. The Labute approximate surface area is 167 Å². The quantitative estimate of drug-likeness (QED) is 0.629. The van der Waals surface area contributed by atoms with Crippen LogP contribution in [-0.2, 0) is 11.3 Å². The molecular formula is C20H21FN6O2. The van der Waals surface area contributed by atoms with Gasteiger partial charge in [-0.15, -0.1) is 5.10 Å². The molecule has 1 aromatic heterocycles. The van der Waals surface area contributed by atoms with Crippen LogP contribution in [0.3, 0.4) is 0 Å². The Bertz CT molecular complexity index is 940. The highest BCUT2D eigenvalue weighted by molar-refractivity contribution is 5.77. The molecule has 3 aromatic rings. The molecule has 2 heterocycles. The molecule has 1 fully saturated rings. The predicted molar refractivity (Wildman–Crippen MR) is 103 cm³/mol. The van der Waals surface area contributed by atoms with Crippen molar-refractivity contribution in [2.45, 2.75) is 6.54 Å². The molecule has 1 saturated heterocycles. The first-order chi connectivity index (χ1) is 14.2. The predicted octanol–water partition coefficient (Wildman–Crippen LogP) is 1.52. The van der Waals surface area contributed by atoms with E-state index in [0.29, 0.717) is 25.4 Å². The molecule has 0 N–H and O–H groups in total. The highest BCUT2D eigenvalue weighted by atomic mass is 19.1.